The molecule has 2 aromatic rings. The molecule has 5 nitrogen and oxygen atoms in total. The fourth-order valence-corrected chi connectivity index (χ4v) is 4.19. The number of nitrogens with zero attached hydrogens (tertiary/aromatic N) is 2. The standard InChI is InChI=1S/C22H22N2O3S/c1-14(2)23-22-24(17-6-4-5-15(3)11-17)21(25)20(28-22)13-16-7-8-18-19(12-16)27-10-9-26-18/h4-8,11-14H,9-10H2,1-3H3/b20-13-,23-22?. The minimum absolute atomic E-state index is 0.0649. The van der Waals surface area contributed by atoms with Crippen molar-refractivity contribution in [2.45, 2.75) is 26.8 Å². The number of thioether (sulfide) groups is 1. The Bertz CT molecular complexity index is 981. The first-order valence-corrected chi connectivity index (χ1v) is 10.1. The van der Waals surface area contributed by atoms with Gasteiger partial charge in [-0.2, -0.15) is 0 Å². The van der Waals surface area contributed by atoms with Crippen LogP contribution in [0.5, 0.6) is 11.5 Å². The molecular formula is C22H22N2O3S. The van der Waals surface area contributed by atoms with Crippen molar-refractivity contribution in [2.24, 2.45) is 4.99 Å². The molecule has 0 atom stereocenters. The van der Waals surface area contributed by atoms with Gasteiger partial charge < -0.3 is 9.47 Å². The molecular weight excluding hydrogens is 372 g/mol. The van der Waals surface area contributed by atoms with Crippen LogP contribution in [0.2, 0.25) is 0 Å². The normalized spacial score (nSPS) is 19.1. The van der Waals surface area contributed by atoms with Crippen molar-refractivity contribution in [1.82, 2.24) is 0 Å². The van der Waals surface area contributed by atoms with Crippen molar-refractivity contribution in [1.29, 1.82) is 0 Å². The molecule has 0 radical (unpaired) electrons. The highest BCUT2D eigenvalue weighted by Crippen LogP contribution is 2.38. The highest BCUT2D eigenvalue weighted by atomic mass is 32.2. The zero-order valence-electron chi connectivity index (χ0n) is 16.1. The van der Waals surface area contributed by atoms with Crippen molar-refractivity contribution in [3.05, 3.63) is 58.5 Å². The largest absolute Gasteiger partial charge is 0.486 e. The first kappa shape index (κ1) is 18.6. The van der Waals surface area contributed by atoms with Crippen LogP contribution in [-0.2, 0) is 4.79 Å². The van der Waals surface area contributed by atoms with Gasteiger partial charge in [-0.05, 0) is 74.0 Å². The number of aryl methyl sites for hydroxylation is 1. The average molecular weight is 394 g/mol. The fourth-order valence-electron chi connectivity index (χ4n) is 3.08. The Morgan fingerprint density at radius 3 is 2.64 bits per heavy atom. The van der Waals surface area contributed by atoms with Gasteiger partial charge in [-0.25, -0.2) is 0 Å². The van der Waals surface area contributed by atoms with Crippen molar-refractivity contribution in [3.8, 4) is 11.5 Å². The van der Waals surface area contributed by atoms with Crippen molar-refractivity contribution in [3.63, 3.8) is 0 Å². The van der Waals surface area contributed by atoms with Gasteiger partial charge in [-0.1, -0.05) is 18.2 Å². The zero-order valence-corrected chi connectivity index (χ0v) is 17.0. The van der Waals surface area contributed by atoms with E-state index in [1.54, 1.807) is 4.90 Å². The molecule has 0 bridgehead atoms. The maximum absolute atomic E-state index is 13.2. The number of aliphatic imine (C=N–C) groups is 1. The number of benzene rings is 2. The molecule has 0 saturated carbocycles. The lowest BCUT2D eigenvalue weighted by molar-refractivity contribution is -0.113. The Balaban J connectivity index is 1.71. The van der Waals surface area contributed by atoms with E-state index in [1.165, 1.54) is 11.8 Å². The highest BCUT2D eigenvalue weighted by Gasteiger charge is 2.34. The molecule has 1 amide bonds. The van der Waals surface area contributed by atoms with Gasteiger partial charge in [-0.3, -0.25) is 14.7 Å². The van der Waals surface area contributed by atoms with E-state index in [1.807, 2.05) is 69.3 Å². The van der Waals surface area contributed by atoms with E-state index in [2.05, 4.69) is 4.99 Å². The maximum atomic E-state index is 13.2. The van der Waals surface area contributed by atoms with Gasteiger partial charge in [0, 0.05) is 6.04 Å². The first-order chi connectivity index (χ1) is 13.5. The molecule has 2 aromatic carbocycles. The predicted molar refractivity (Wildman–Crippen MR) is 114 cm³/mol. The Morgan fingerprint density at radius 2 is 1.89 bits per heavy atom. The molecule has 1 saturated heterocycles. The predicted octanol–water partition coefficient (Wildman–Crippen LogP) is 4.65. The Hall–Kier alpha value is -2.73. The second-order valence-corrected chi connectivity index (χ2v) is 8.01. The first-order valence-electron chi connectivity index (χ1n) is 9.29. The van der Waals surface area contributed by atoms with Crippen molar-refractivity contribution < 1.29 is 14.3 Å². The lowest BCUT2D eigenvalue weighted by Gasteiger charge is -2.18. The molecule has 2 aliphatic heterocycles. The van der Waals surface area contributed by atoms with Crippen molar-refractivity contribution in [2.75, 3.05) is 18.1 Å². The molecule has 144 valence electrons. The molecule has 2 aliphatic rings. The molecule has 0 unspecified atom stereocenters. The van der Waals surface area contributed by atoms with Crippen LogP contribution < -0.4 is 14.4 Å². The third-order valence-corrected chi connectivity index (χ3v) is 5.28. The van der Waals surface area contributed by atoms with E-state index in [0.717, 1.165) is 22.6 Å². The van der Waals surface area contributed by atoms with Crippen LogP contribution in [0.3, 0.4) is 0 Å². The monoisotopic (exact) mass is 394 g/mol. The third-order valence-electron chi connectivity index (χ3n) is 4.30. The van der Waals surface area contributed by atoms with E-state index < -0.39 is 0 Å². The number of rotatable bonds is 3. The summed E-state index contributed by atoms with van der Waals surface area (Å²) in [6.45, 7) is 7.13. The van der Waals surface area contributed by atoms with Gasteiger partial charge in [0.1, 0.15) is 13.2 Å². The van der Waals surface area contributed by atoms with Gasteiger partial charge in [0.15, 0.2) is 16.7 Å². The molecule has 0 N–H and O–H groups in total. The van der Waals surface area contributed by atoms with Crippen LogP contribution in [0.15, 0.2) is 52.4 Å². The van der Waals surface area contributed by atoms with Gasteiger partial charge in [0.05, 0.1) is 10.6 Å². The number of fused-ring (bicyclic) bond motifs is 1. The Labute approximate surface area is 169 Å². The summed E-state index contributed by atoms with van der Waals surface area (Å²) in [4.78, 5) is 20.2. The van der Waals surface area contributed by atoms with E-state index in [9.17, 15) is 4.79 Å². The van der Waals surface area contributed by atoms with Gasteiger partial charge in [0.25, 0.3) is 5.91 Å². The number of anilines is 1. The molecule has 4 rings (SSSR count). The van der Waals surface area contributed by atoms with Crippen molar-refractivity contribution >= 4 is 34.6 Å². The van der Waals surface area contributed by atoms with Gasteiger partial charge in [0.2, 0.25) is 0 Å². The molecule has 0 spiro atoms. The summed E-state index contributed by atoms with van der Waals surface area (Å²) >= 11 is 1.40. The third kappa shape index (κ3) is 3.78. The second kappa shape index (κ2) is 7.72. The summed E-state index contributed by atoms with van der Waals surface area (Å²) in [5.41, 5.74) is 2.83. The number of amidine groups is 1. The summed E-state index contributed by atoms with van der Waals surface area (Å²) in [5, 5.41) is 0.703. The minimum Gasteiger partial charge on any atom is -0.486 e. The van der Waals surface area contributed by atoms with Crippen LogP contribution >= 0.6 is 11.8 Å². The number of carbonyl (C=O) groups excluding carboxylic acids is 1. The fraction of sp³-hybridized carbons (Fsp3) is 0.273. The van der Waals surface area contributed by atoms with Crippen LogP contribution in [-0.4, -0.2) is 30.3 Å². The summed E-state index contributed by atoms with van der Waals surface area (Å²) in [6.07, 6.45) is 1.89. The molecule has 2 heterocycles. The van der Waals surface area contributed by atoms with E-state index in [-0.39, 0.29) is 11.9 Å². The van der Waals surface area contributed by atoms with Crippen LogP contribution in [0.25, 0.3) is 6.08 Å². The molecule has 0 aliphatic carbocycles. The van der Waals surface area contributed by atoms with Crippen LogP contribution in [0, 0.1) is 6.92 Å². The molecule has 1 fully saturated rings. The summed E-state index contributed by atoms with van der Waals surface area (Å²) in [6, 6.07) is 13.7. The number of ether oxygens (including phenoxy) is 2. The average Bonchev–Trinajstić information content (AvgIpc) is 2.96. The zero-order chi connectivity index (χ0) is 19.7. The summed E-state index contributed by atoms with van der Waals surface area (Å²) in [5.74, 6) is 1.38. The van der Waals surface area contributed by atoms with Crippen LogP contribution in [0.4, 0.5) is 5.69 Å². The van der Waals surface area contributed by atoms with E-state index >= 15 is 0 Å². The lowest BCUT2D eigenvalue weighted by Crippen LogP contribution is -2.29. The smallest absolute Gasteiger partial charge is 0.271 e. The summed E-state index contributed by atoms with van der Waals surface area (Å²) < 4.78 is 11.2. The van der Waals surface area contributed by atoms with Crippen LogP contribution in [0.1, 0.15) is 25.0 Å². The Kier molecular flexibility index (Phi) is 5.13. The molecule has 28 heavy (non-hydrogen) atoms. The van der Waals surface area contributed by atoms with E-state index in [0.29, 0.717) is 29.0 Å². The highest BCUT2D eigenvalue weighted by molar-refractivity contribution is 8.19. The topological polar surface area (TPSA) is 51.1 Å². The summed E-state index contributed by atoms with van der Waals surface area (Å²) in [7, 11) is 0. The minimum atomic E-state index is -0.0649. The quantitative estimate of drug-likeness (QED) is 0.711. The second-order valence-electron chi connectivity index (χ2n) is 7.00. The Morgan fingerprint density at radius 1 is 1.11 bits per heavy atom. The van der Waals surface area contributed by atoms with Gasteiger partial charge >= 0.3 is 0 Å². The van der Waals surface area contributed by atoms with Gasteiger partial charge in [-0.15, -0.1) is 0 Å². The molecule has 0 aromatic heterocycles. The van der Waals surface area contributed by atoms with E-state index in [4.69, 9.17) is 9.47 Å². The maximum Gasteiger partial charge on any atom is 0.271 e. The molecule has 6 heteroatoms. The lowest BCUT2D eigenvalue weighted by atomic mass is 10.1. The number of amides is 1. The SMILES string of the molecule is Cc1cccc(N2C(=O)/C(=C/c3ccc4c(c3)OCCO4)SC2=NC(C)C)c1. The number of carbonyl (C=O) groups is 1. The number of hydrogen-bond donors (Lipinski definition) is 0. The number of hydrogen-bond acceptors (Lipinski definition) is 5.